The van der Waals surface area contributed by atoms with Crippen molar-refractivity contribution in [2.75, 3.05) is 26.2 Å². The van der Waals surface area contributed by atoms with E-state index in [-0.39, 0.29) is 6.04 Å². The lowest BCUT2D eigenvalue weighted by molar-refractivity contribution is -0.0178. The predicted octanol–water partition coefficient (Wildman–Crippen LogP) is 3.09. The molecule has 31 heavy (non-hydrogen) atoms. The lowest BCUT2D eigenvalue weighted by atomic mass is 10.1. The van der Waals surface area contributed by atoms with Gasteiger partial charge in [0, 0.05) is 31.1 Å². The number of aromatic nitrogens is 2. The second-order valence-corrected chi connectivity index (χ2v) is 8.41. The molecule has 0 radical (unpaired) electrons. The minimum absolute atomic E-state index is 0.0386. The van der Waals surface area contributed by atoms with E-state index in [0.717, 1.165) is 29.2 Å². The molecular weight excluding hydrogens is 412 g/mol. The summed E-state index contributed by atoms with van der Waals surface area (Å²) < 4.78 is 12.8. The number of aliphatic hydroxyl groups is 1. The van der Waals surface area contributed by atoms with E-state index in [2.05, 4.69) is 26.7 Å². The van der Waals surface area contributed by atoms with E-state index in [0.29, 0.717) is 29.7 Å². The molecule has 2 atom stereocenters. The van der Waals surface area contributed by atoms with Gasteiger partial charge < -0.3 is 19.5 Å². The zero-order valence-electron chi connectivity index (χ0n) is 17.1. The summed E-state index contributed by atoms with van der Waals surface area (Å²) in [5.74, 6) is 7.80. The molecule has 3 aromatic rings. The van der Waals surface area contributed by atoms with Crippen LogP contribution in [-0.2, 0) is 0 Å². The molecule has 2 aromatic heterocycles. The normalized spacial score (nSPS) is 18.8. The molecule has 3 aliphatic heterocycles. The van der Waals surface area contributed by atoms with Gasteiger partial charge in [0.1, 0.15) is 24.3 Å². The summed E-state index contributed by atoms with van der Waals surface area (Å²) in [6, 6.07) is 11.4. The number of piperazine rings is 1. The maximum absolute atomic E-state index is 9.96. The average molecular weight is 435 g/mol. The van der Waals surface area contributed by atoms with Crippen LogP contribution in [0.15, 0.2) is 54.4 Å². The smallest absolute Gasteiger partial charge is 0.281 e. The highest BCUT2D eigenvalue weighted by atomic mass is 32.1. The third-order valence-corrected chi connectivity index (χ3v) is 6.21. The van der Waals surface area contributed by atoms with Crippen molar-refractivity contribution in [1.82, 2.24) is 19.8 Å². The van der Waals surface area contributed by atoms with Gasteiger partial charge in [-0.15, -0.1) is 0 Å². The van der Waals surface area contributed by atoms with Crippen LogP contribution >= 0.6 is 11.3 Å². The number of allylic oxidation sites excluding steroid dienone is 1. The third-order valence-electron chi connectivity index (χ3n) is 5.32. The molecule has 5 heterocycles. The number of fused-ring (bicyclic) bond motifs is 4. The summed E-state index contributed by atoms with van der Waals surface area (Å²) >= 11 is 1.47. The van der Waals surface area contributed by atoms with Gasteiger partial charge >= 0.3 is 0 Å². The molecule has 7 nitrogen and oxygen atoms in total. The van der Waals surface area contributed by atoms with E-state index in [1.165, 1.54) is 11.3 Å². The van der Waals surface area contributed by atoms with Gasteiger partial charge in [-0.2, -0.15) is 4.98 Å². The number of rotatable bonds is 7. The number of benzene rings is 1. The minimum atomic E-state index is -0.501. The Labute approximate surface area is 184 Å². The zero-order valence-corrected chi connectivity index (χ0v) is 17.9. The Morgan fingerprint density at radius 3 is 2.90 bits per heavy atom. The van der Waals surface area contributed by atoms with E-state index >= 15 is 0 Å². The van der Waals surface area contributed by atoms with E-state index in [1.54, 1.807) is 13.1 Å². The fraction of sp³-hybridized carbons (Fsp3) is 0.304. The second kappa shape index (κ2) is 8.55. The van der Waals surface area contributed by atoms with Gasteiger partial charge in [0.05, 0.1) is 17.3 Å². The quantitative estimate of drug-likeness (QED) is 0.573. The van der Waals surface area contributed by atoms with Crippen LogP contribution < -0.4 is 9.47 Å². The molecular formula is C23H22N4O3S. The Kier molecular flexibility index (Phi) is 5.47. The summed E-state index contributed by atoms with van der Waals surface area (Å²) in [4.78, 5) is 12.9. The lowest BCUT2D eigenvalue weighted by Gasteiger charge is -2.42. The Morgan fingerprint density at radius 2 is 2.10 bits per heavy atom. The van der Waals surface area contributed by atoms with Gasteiger partial charge in [-0.05, 0) is 43.3 Å². The Balaban J connectivity index is 1.14. The van der Waals surface area contributed by atoms with Crippen molar-refractivity contribution in [2.24, 2.45) is 0 Å². The van der Waals surface area contributed by atoms with Crippen molar-refractivity contribution in [1.29, 1.82) is 0 Å². The Hall–Kier alpha value is -3.12. The maximum atomic E-state index is 9.96. The molecule has 1 unspecified atom stereocenters. The van der Waals surface area contributed by atoms with Crippen LogP contribution in [0.25, 0.3) is 10.3 Å². The van der Waals surface area contributed by atoms with Crippen LogP contribution in [0.4, 0.5) is 0 Å². The first-order chi connectivity index (χ1) is 15.2. The molecule has 8 heteroatoms. The molecule has 1 saturated heterocycles. The van der Waals surface area contributed by atoms with E-state index in [4.69, 9.17) is 9.47 Å². The molecule has 1 aromatic carbocycles. The van der Waals surface area contributed by atoms with Crippen LogP contribution in [-0.4, -0.2) is 63.4 Å². The first kappa shape index (κ1) is 19.8. The van der Waals surface area contributed by atoms with Gasteiger partial charge in [0.2, 0.25) is 0 Å². The number of nitrogens with zero attached hydrogens (tertiary/aromatic N) is 4. The molecule has 0 saturated carbocycles. The highest BCUT2D eigenvalue weighted by Crippen LogP contribution is 2.31. The zero-order chi connectivity index (χ0) is 21.2. The molecule has 0 amide bonds. The summed E-state index contributed by atoms with van der Waals surface area (Å²) in [6.07, 6.45) is 3.17. The number of hydrogen-bond donors (Lipinski definition) is 1. The maximum Gasteiger partial charge on any atom is 0.281 e. The van der Waals surface area contributed by atoms with Gasteiger partial charge in [-0.1, -0.05) is 23.2 Å². The molecule has 1 fully saturated rings. The summed E-state index contributed by atoms with van der Waals surface area (Å²) in [6.45, 7) is 4.57. The number of thiazole rings is 1. The minimum Gasteiger partial charge on any atom is -0.492 e. The largest absolute Gasteiger partial charge is 0.492 e. The molecule has 0 spiro atoms. The monoisotopic (exact) mass is 434 g/mol. The Morgan fingerprint density at radius 1 is 1.26 bits per heavy atom. The van der Waals surface area contributed by atoms with Crippen molar-refractivity contribution < 1.29 is 14.6 Å². The highest BCUT2D eigenvalue weighted by molar-refractivity contribution is 7.20. The van der Waals surface area contributed by atoms with Crippen molar-refractivity contribution in [3.63, 3.8) is 0 Å². The number of pyridine rings is 1. The summed E-state index contributed by atoms with van der Waals surface area (Å²) in [5.41, 5.74) is 1.82. The van der Waals surface area contributed by atoms with Crippen molar-refractivity contribution in [2.45, 2.75) is 19.2 Å². The Bertz CT molecular complexity index is 1130. The molecule has 158 valence electrons. The van der Waals surface area contributed by atoms with Gasteiger partial charge in [-0.3, -0.25) is 4.90 Å². The van der Waals surface area contributed by atoms with Crippen LogP contribution in [0.3, 0.4) is 0 Å². The average Bonchev–Trinajstić information content (AvgIpc) is 2.93. The summed E-state index contributed by atoms with van der Waals surface area (Å²) in [5, 5.41) is 10.5. The number of ether oxygens (including phenoxy) is 2. The van der Waals surface area contributed by atoms with Crippen molar-refractivity contribution >= 4 is 21.7 Å². The number of hydrogen-bond acceptors (Lipinski definition) is 8. The predicted molar refractivity (Wildman–Crippen MR) is 119 cm³/mol. The SMILES string of the molecule is CC(O)N1CC2=CC#C[C@H]1CN2CCOc1ccc(Oc2nc3ncccc3s2)cc1. The second-order valence-electron chi connectivity index (χ2n) is 7.42. The van der Waals surface area contributed by atoms with Crippen LogP contribution in [0.5, 0.6) is 16.7 Å². The van der Waals surface area contributed by atoms with Gasteiger partial charge in [0.25, 0.3) is 5.19 Å². The fourth-order valence-corrected chi connectivity index (χ4v) is 4.51. The molecule has 0 aliphatic carbocycles. The first-order valence-corrected chi connectivity index (χ1v) is 11.0. The molecule has 2 bridgehead atoms. The molecule has 6 rings (SSSR count). The van der Waals surface area contributed by atoms with E-state index in [1.807, 2.05) is 47.4 Å². The van der Waals surface area contributed by atoms with Crippen LogP contribution in [0, 0.1) is 11.8 Å². The molecule has 1 N–H and O–H groups in total. The van der Waals surface area contributed by atoms with Crippen LogP contribution in [0.2, 0.25) is 0 Å². The third kappa shape index (κ3) is 4.35. The first-order valence-electron chi connectivity index (χ1n) is 10.2. The fourth-order valence-electron chi connectivity index (χ4n) is 3.71. The topological polar surface area (TPSA) is 71.0 Å². The molecule has 3 aliphatic rings. The summed E-state index contributed by atoms with van der Waals surface area (Å²) in [7, 11) is 0. The van der Waals surface area contributed by atoms with Crippen LogP contribution in [0.1, 0.15) is 6.92 Å². The number of aliphatic hydroxyl groups excluding tert-OH is 1. The lowest BCUT2D eigenvalue weighted by Crippen LogP contribution is -2.54. The van der Waals surface area contributed by atoms with E-state index < -0.39 is 6.23 Å². The highest BCUT2D eigenvalue weighted by Gasteiger charge is 2.32. The van der Waals surface area contributed by atoms with E-state index in [9.17, 15) is 5.11 Å². The van der Waals surface area contributed by atoms with Gasteiger partial charge in [0.15, 0.2) is 5.65 Å². The standard InChI is InChI=1S/C23H22N4O3S/c1-16(28)27-15-17-4-2-5-18(27)14-26(17)12-13-29-19-7-9-20(10-8-19)30-23-25-22-21(31-23)6-3-11-24-22/h3-4,6-11,16,18,28H,12-15H2,1H3/t16?,18-/m0/s1. The van der Waals surface area contributed by atoms with Crippen molar-refractivity contribution in [3.8, 4) is 28.5 Å². The van der Waals surface area contributed by atoms with Crippen molar-refractivity contribution in [3.05, 3.63) is 54.4 Å². The van der Waals surface area contributed by atoms with Gasteiger partial charge in [-0.25, -0.2) is 4.98 Å².